The van der Waals surface area contributed by atoms with Crippen molar-refractivity contribution in [2.45, 2.75) is 26.4 Å². The largest absolute Gasteiger partial charge is 0.379 e. The molecule has 0 fully saturated rings. The predicted octanol–water partition coefficient (Wildman–Crippen LogP) is 1.76. The third-order valence-corrected chi connectivity index (χ3v) is 1.83. The third kappa shape index (κ3) is 5.44. The van der Waals surface area contributed by atoms with Gasteiger partial charge in [0.05, 0.1) is 12.3 Å². The molecule has 2 N–H and O–H groups in total. The number of anilines is 1. The average molecular weight is 228 g/mol. The van der Waals surface area contributed by atoms with E-state index in [0.29, 0.717) is 10.6 Å². The van der Waals surface area contributed by atoms with E-state index in [9.17, 15) is 0 Å². The molecule has 0 amide bonds. The van der Waals surface area contributed by atoms with Crippen molar-refractivity contribution in [1.82, 2.24) is 15.2 Å². The molecule has 0 aliphatic heterocycles. The van der Waals surface area contributed by atoms with E-state index in [2.05, 4.69) is 20.5 Å². The normalized spacial score (nSPS) is 10.6. The SMILES string of the molecule is CC(C)OCCCNc1cn[nH]c(=S)n1. The second kappa shape index (κ2) is 6.47. The summed E-state index contributed by atoms with van der Waals surface area (Å²) >= 11 is 4.84. The Morgan fingerprint density at radius 2 is 2.40 bits per heavy atom. The maximum absolute atomic E-state index is 5.40. The lowest BCUT2D eigenvalue weighted by Crippen LogP contribution is -2.10. The highest BCUT2D eigenvalue weighted by molar-refractivity contribution is 7.71. The summed E-state index contributed by atoms with van der Waals surface area (Å²) in [6, 6.07) is 0. The van der Waals surface area contributed by atoms with E-state index < -0.39 is 0 Å². The van der Waals surface area contributed by atoms with Crippen LogP contribution in [0.1, 0.15) is 20.3 Å². The Morgan fingerprint density at radius 1 is 1.60 bits per heavy atom. The van der Waals surface area contributed by atoms with E-state index in [1.807, 2.05) is 13.8 Å². The van der Waals surface area contributed by atoms with E-state index in [4.69, 9.17) is 17.0 Å². The second-order valence-electron chi connectivity index (χ2n) is 3.37. The van der Waals surface area contributed by atoms with Gasteiger partial charge in [-0.1, -0.05) is 0 Å². The Kier molecular flexibility index (Phi) is 5.20. The smallest absolute Gasteiger partial charge is 0.215 e. The first-order valence-corrected chi connectivity index (χ1v) is 5.36. The highest BCUT2D eigenvalue weighted by Gasteiger charge is 1.95. The summed E-state index contributed by atoms with van der Waals surface area (Å²) in [5, 5.41) is 9.52. The van der Waals surface area contributed by atoms with Crippen LogP contribution in [0.2, 0.25) is 0 Å². The lowest BCUT2D eigenvalue weighted by atomic mass is 10.4. The van der Waals surface area contributed by atoms with Gasteiger partial charge < -0.3 is 10.1 Å². The molecule has 0 bridgehead atoms. The van der Waals surface area contributed by atoms with Crippen LogP contribution in [0.15, 0.2) is 6.20 Å². The molecule has 0 aliphatic carbocycles. The van der Waals surface area contributed by atoms with Crippen molar-refractivity contribution < 1.29 is 4.74 Å². The van der Waals surface area contributed by atoms with Gasteiger partial charge in [0.2, 0.25) is 4.77 Å². The maximum atomic E-state index is 5.40. The zero-order chi connectivity index (χ0) is 11.1. The van der Waals surface area contributed by atoms with Gasteiger partial charge >= 0.3 is 0 Å². The van der Waals surface area contributed by atoms with Gasteiger partial charge in [-0.25, -0.2) is 4.98 Å². The first-order chi connectivity index (χ1) is 7.18. The van der Waals surface area contributed by atoms with Crippen molar-refractivity contribution in [2.24, 2.45) is 0 Å². The number of hydrogen-bond acceptors (Lipinski definition) is 5. The quantitative estimate of drug-likeness (QED) is 0.574. The number of nitrogens with zero attached hydrogens (tertiary/aromatic N) is 2. The van der Waals surface area contributed by atoms with Gasteiger partial charge in [0.1, 0.15) is 5.82 Å². The van der Waals surface area contributed by atoms with Crippen LogP contribution < -0.4 is 5.32 Å². The second-order valence-corrected chi connectivity index (χ2v) is 3.76. The highest BCUT2D eigenvalue weighted by atomic mass is 32.1. The molecular weight excluding hydrogens is 212 g/mol. The molecule has 1 rings (SSSR count). The molecule has 0 saturated heterocycles. The predicted molar refractivity (Wildman–Crippen MR) is 61.4 cm³/mol. The number of H-pyrrole nitrogens is 1. The third-order valence-electron chi connectivity index (χ3n) is 1.65. The minimum atomic E-state index is 0.287. The van der Waals surface area contributed by atoms with Crippen molar-refractivity contribution in [3.05, 3.63) is 11.0 Å². The Balaban J connectivity index is 2.18. The Bertz CT molecular complexity index is 339. The van der Waals surface area contributed by atoms with Gasteiger partial charge in [-0.3, -0.25) is 5.10 Å². The summed E-state index contributed by atoms with van der Waals surface area (Å²) in [5.74, 6) is 0.697. The summed E-state index contributed by atoms with van der Waals surface area (Å²) < 4.78 is 5.79. The molecule has 15 heavy (non-hydrogen) atoms. The van der Waals surface area contributed by atoms with Crippen LogP contribution in [0.5, 0.6) is 0 Å². The highest BCUT2D eigenvalue weighted by Crippen LogP contribution is 1.97. The summed E-state index contributed by atoms with van der Waals surface area (Å²) in [6.07, 6.45) is 2.83. The molecule has 0 saturated carbocycles. The molecule has 5 nitrogen and oxygen atoms in total. The standard InChI is InChI=1S/C9H16N4OS/c1-7(2)14-5-3-4-10-8-6-11-13-9(15)12-8/h6-7H,3-5H2,1-2H3,(H2,10,12,13,15). The van der Waals surface area contributed by atoms with Crippen LogP contribution in [-0.4, -0.2) is 34.4 Å². The molecule has 84 valence electrons. The average Bonchev–Trinajstić information content (AvgIpc) is 2.17. The van der Waals surface area contributed by atoms with Gasteiger partial charge in [0.15, 0.2) is 0 Å². The van der Waals surface area contributed by atoms with Gasteiger partial charge in [0, 0.05) is 13.2 Å². The van der Waals surface area contributed by atoms with Crippen LogP contribution in [0.3, 0.4) is 0 Å². The fourth-order valence-electron chi connectivity index (χ4n) is 1.00. The number of rotatable bonds is 6. The van der Waals surface area contributed by atoms with Crippen LogP contribution in [0.4, 0.5) is 5.82 Å². The number of nitrogens with one attached hydrogen (secondary N) is 2. The Morgan fingerprint density at radius 3 is 3.07 bits per heavy atom. The molecule has 0 atom stereocenters. The molecular formula is C9H16N4OS. The van der Waals surface area contributed by atoms with Gasteiger partial charge in [-0.05, 0) is 32.5 Å². The van der Waals surface area contributed by atoms with E-state index in [1.54, 1.807) is 6.20 Å². The summed E-state index contributed by atoms with van der Waals surface area (Å²) in [4.78, 5) is 4.05. The van der Waals surface area contributed by atoms with Gasteiger partial charge in [-0.2, -0.15) is 5.10 Å². The topological polar surface area (TPSA) is 62.8 Å². The zero-order valence-corrected chi connectivity index (χ0v) is 9.80. The molecule has 1 heterocycles. The van der Waals surface area contributed by atoms with Crippen LogP contribution in [-0.2, 0) is 4.74 Å². The number of aromatic amines is 1. The van der Waals surface area contributed by atoms with E-state index in [-0.39, 0.29) is 6.10 Å². The van der Waals surface area contributed by atoms with Crippen LogP contribution in [0.25, 0.3) is 0 Å². The van der Waals surface area contributed by atoms with Crippen LogP contribution >= 0.6 is 12.2 Å². The number of ether oxygens (including phenoxy) is 1. The van der Waals surface area contributed by atoms with Crippen molar-refractivity contribution in [3.8, 4) is 0 Å². The summed E-state index contributed by atoms with van der Waals surface area (Å²) in [5.41, 5.74) is 0. The minimum Gasteiger partial charge on any atom is -0.379 e. The minimum absolute atomic E-state index is 0.287. The molecule has 0 radical (unpaired) electrons. The summed E-state index contributed by atoms with van der Waals surface area (Å²) in [6.45, 7) is 5.60. The molecule has 0 spiro atoms. The van der Waals surface area contributed by atoms with Crippen molar-refractivity contribution in [1.29, 1.82) is 0 Å². The molecule has 0 aliphatic rings. The van der Waals surface area contributed by atoms with Gasteiger partial charge in [-0.15, -0.1) is 0 Å². The fraction of sp³-hybridized carbons (Fsp3) is 0.667. The lowest BCUT2D eigenvalue weighted by Gasteiger charge is -2.07. The van der Waals surface area contributed by atoms with Crippen molar-refractivity contribution in [2.75, 3.05) is 18.5 Å². The lowest BCUT2D eigenvalue weighted by molar-refractivity contribution is 0.0787. The first-order valence-electron chi connectivity index (χ1n) is 4.95. The maximum Gasteiger partial charge on any atom is 0.215 e. The summed E-state index contributed by atoms with van der Waals surface area (Å²) in [7, 11) is 0. The molecule has 6 heteroatoms. The van der Waals surface area contributed by atoms with Gasteiger partial charge in [0.25, 0.3) is 0 Å². The van der Waals surface area contributed by atoms with E-state index >= 15 is 0 Å². The first kappa shape index (κ1) is 12.1. The monoisotopic (exact) mass is 228 g/mol. The molecule has 1 aromatic rings. The molecule has 0 unspecified atom stereocenters. The Labute approximate surface area is 94.3 Å². The zero-order valence-electron chi connectivity index (χ0n) is 8.99. The number of aromatic nitrogens is 3. The Hall–Kier alpha value is -1.01. The fourth-order valence-corrected chi connectivity index (χ4v) is 1.16. The van der Waals surface area contributed by atoms with Crippen molar-refractivity contribution in [3.63, 3.8) is 0 Å². The van der Waals surface area contributed by atoms with E-state index in [1.165, 1.54) is 0 Å². The van der Waals surface area contributed by atoms with Crippen LogP contribution in [0, 0.1) is 4.77 Å². The molecule has 0 aromatic carbocycles. The number of hydrogen-bond donors (Lipinski definition) is 2. The van der Waals surface area contributed by atoms with Crippen molar-refractivity contribution >= 4 is 18.0 Å². The van der Waals surface area contributed by atoms with E-state index in [0.717, 1.165) is 19.6 Å². The molecule has 1 aromatic heterocycles.